The molecule has 2 rings (SSSR count). The van der Waals surface area contributed by atoms with E-state index in [1.165, 1.54) is 24.4 Å². The largest absolute Gasteiger partial charge is 0.435 e. The van der Waals surface area contributed by atoms with E-state index in [0.29, 0.717) is 11.1 Å². The summed E-state index contributed by atoms with van der Waals surface area (Å²) in [5.74, 6) is -0.161. The predicted molar refractivity (Wildman–Crippen MR) is 69.5 cm³/mol. The number of fused-ring (bicyclic) bond motifs is 1. The zero-order valence-corrected chi connectivity index (χ0v) is 11.1. The minimum Gasteiger partial charge on any atom is -0.435 e. The Hall–Kier alpha value is -1.56. The van der Waals surface area contributed by atoms with Gasteiger partial charge in [-0.05, 0) is 32.9 Å². The maximum absolute atomic E-state index is 13.0. The molecule has 96 valence electrons. The summed E-state index contributed by atoms with van der Waals surface area (Å²) in [6.07, 6.45) is 1.30. The summed E-state index contributed by atoms with van der Waals surface area (Å²) in [6.45, 7) is 5.46. The van der Waals surface area contributed by atoms with E-state index in [9.17, 15) is 8.60 Å². The number of rotatable bonds is 2. The van der Waals surface area contributed by atoms with Gasteiger partial charge in [-0.2, -0.15) is 4.40 Å². The summed E-state index contributed by atoms with van der Waals surface area (Å²) < 4.78 is 33.4. The SMILES string of the molecule is CC(C)(C)S(=O)N=Cc1nc2cc(F)ccc2o1. The van der Waals surface area contributed by atoms with Crippen LogP contribution < -0.4 is 0 Å². The van der Waals surface area contributed by atoms with Crippen LogP contribution in [0.3, 0.4) is 0 Å². The lowest BCUT2D eigenvalue weighted by atomic mass is 10.3. The number of nitrogens with zero attached hydrogens (tertiary/aromatic N) is 2. The monoisotopic (exact) mass is 268 g/mol. The zero-order chi connectivity index (χ0) is 13.3. The molecule has 0 aliphatic heterocycles. The number of hydrogen-bond donors (Lipinski definition) is 0. The van der Waals surface area contributed by atoms with Gasteiger partial charge in [-0.1, -0.05) is 0 Å². The molecule has 0 N–H and O–H groups in total. The minimum atomic E-state index is -1.37. The number of aromatic nitrogens is 1. The van der Waals surface area contributed by atoms with Crippen molar-refractivity contribution in [3.63, 3.8) is 0 Å². The minimum absolute atomic E-state index is 0.216. The highest BCUT2D eigenvalue weighted by atomic mass is 32.2. The first-order valence-corrected chi connectivity index (χ1v) is 6.49. The molecule has 18 heavy (non-hydrogen) atoms. The summed E-state index contributed by atoms with van der Waals surface area (Å²) in [5.41, 5.74) is 0.886. The van der Waals surface area contributed by atoms with Crippen LogP contribution >= 0.6 is 0 Å². The number of halogens is 1. The van der Waals surface area contributed by atoms with Crippen LogP contribution in [0.25, 0.3) is 11.1 Å². The van der Waals surface area contributed by atoms with Crippen molar-refractivity contribution in [2.45, 2.75) is 25.5 Å². The summed E-state index contributed by atoms with van der Waals surface area (Å²) >= 11 is 0. The molecule has 1 atom stereocenters. The van der Waals surface area contributed by atoms with Crippen LogP contribution in [0.2, 0.25) is 0 Å². The third kappa shape index (κ3) is 2.81. The summed E-state index contributed by atoms with van der Waals surface area (Å²) in [7, 11) is -1.37. The van der Waals surface area contributed by atoms with Gasteiger partial charge in [0.1, 0.15) is 28.5 Å². The molecule has 0 saturated heterocycles. The Kier molecular flexibility index (Phi) is 3.30. The van der Waals surface area contributed by atoms with E-state index >= 15 is 0 Å². The molecule has 0 radical (unpaired) electrons. The van der Waals surface area contributed by atoms with Crippen molar-refractivity contribution in [2.75, 3.05) is 0 Å². The van der Waals surface area contributed by atoms with E-state index in [4.69, 9.17) is 4.42 Å². The molecular formula is C12H13FN2O2S. The summed E-state index contributed by atoms with van der Waals surface area (Å²) in [4.78, 5) is 4.04. The molecule has 0 fully saturated rings. The smallest absolute Gasteiger partial charge is 0.239 e. The highest BCUT2D eigenvalue weighted by Crippen LogP contribution is 2.16. The van der Waals surface area contributed by atoms with E-state index in [1.807, 2.05) is 20.8 Å². The Balaban J connectivity index is 2.27. The second kappa shape index (κ2) is 4.61. The van der Waals surface area contributed by atoms with Crippen LogP contribution in [-0.2, 0) is 11.0 Å². The fourth-order valence-corrected chi connectivity index (χ4v) is 1.73. The molecule has 1 aromatic carbocycles. The third-order valence-corrected chi connectivity index (χ3v) is 3.49. The normalized spacial score (nSPS) is 14.4. The van der Waals surface area contributed by atoms with Crippen molar-refractivity contribution in [1.82, 2.24) is 4.98 Å². The fraction of sp³-hybridized carbons (Fsp3) is 0.333. The molecule has 0 aliphatic rings. The van der Waals surface area contributed by atoms with Crippen LogP contribution in [0.15, 0.2) is 27.0 Å². The Labute approximate surface area is 107 Å². The van der Waals surface area contributed by atoms with Gasteiger partial charge in [0, 0.05) is 6.07 Å². The molecule has 0 bridgehead atoms. The molecule has 0 aliphatic carbocycles. The second-order valence-electron chi connectivity index (χ2n) is 4.76. The first-order valence-electron chi connectivity index (χ1n) is 5.38. The molecule has 1 aromatic heterocycles. The van der Waals surface area contributed by atoms with E-state index in [1.54, 1.807) is 0 Å². The topological polar surface area (TPSA) is 55.5 Å². The first-order chi connectivity index (χ1) is 8.36. The van der Waals surface area contributed by atoms with Crippen LogP contribution in [0, 0.1) is 5.82 Å². The summed E-state index contributed by atoms with van der Waals surface area (Å²) in [5, 5.41) is 0. The Bertz CT molecular complexity index is 629. The van der Waals surface area contributed by atoms with Gasteiger partial charge in [0.05, 0.1) is 4.75 Å². The molecule has 0 spiro atoms. The maximum atomic E-state index is 13.0. The molecule has 4 nitrogen and oxygen atoms in total. The van der Waals surface area contributed by atoms with Crippen molar-refractivity contribution >= 4 is 28.3 Å². The standard InChI is InChI=1S/C12H13FN2O2S/c1-12(2,3)18(16)14-7-11-15-9-6-8(13)4-5-10(9)17-11/h4-7H,1-3H3. The maximum Gasteiger partial charge on any atom is 0.239 e. The Morgan fingerprint density at radius 1 is 1.44 bits per heavy atom. The first kappa shape index (κ1) is 12.9. The average Bonchev–Trinajstić information content (AvgIpc) is 2.66. The van der Waals surface area contributed by atoms with E-state index in [0.717, 1.165) is 0 Å². The van der Waals surface area contributed by atoms with Crippen LogP contribution in [0.5, 0.6) is 0 Å². The van der Waals surface area contributed by atoms with Gasteiger partial charge in [-0.25, -0.2) is 13.6 Å². The van der Waals surface area contributed by atoms with Crippen molar-refractivity contribution < 1.29 is 13.0 Å². The van der Waals surface area contributed by atoms with Crippen LogP contribution in [0.1, 0.15) is 26.7 Å². The molecule has 0 amide bonds. The van der Waals surface area contributed by atoms with E-state index < -0.39 is 15.7 Å². The average molecular weight is 268 g/mol. The van der Waals surface area contributed by atoms with Gasteiger partial charge in [0.15, 0.2) is 5.58 Å². The van der Waals surface area contributed by atoms with Gasteiger partial charge >= 0.3 is 0 Å². The van der Waals surface area contributed by atoms with Crippen molar-refractivity contribution in [2.24, 2.45) is 4.40 Å². The number of hydrogen-bond acceptors (Lipinski definition) is 3. The fourth-order valence-electron chi connectivity index (χ4n) is 1.22. The molecular weight excluding hydrogens is 255 g/mol. The highest BCUT2D eigenvalue weighted by molar-refractivity contribution is 7.85. The molecule has 1 unspecified atom stereocenters. The zero-order valence-electron chi connectivity index (χ0n) is 10.3. The Morgan fingerprint density at radius 2 is 2.17 bits per heavy atom. The van der Waals surface area contributed by atoms with Crippen LogP contribution in [-0.4, -0.2) is 20.2 Å². The summed E-state index contributed by atoms with van der Waals surface area (Å²) in [6, 6.07) is 4.06. The lowest BCUT2D eigenvalue weighted by Crippen LogP contribution is -2.19. The van der Waals surface area contributed by atoms with Gasteiger partial charge in [-0.3, -0.25) is 0 Å². The quantitative estimate of drug-likeness (QED) is 0.787. The van der Waals surface area contributed by atoms with Crippen molar-refractivity contribution in [3.8, 4) is 0 Å². The molecule has 2 aromatic rings. The third-order valence-electron chi connectivity index (χ3n) is 2.15. The van der Waals surface area contributed by atoms with E-state index in [-0.39, 0.29) is 11.7 Å². The second-order valence-corrected chi connectivity index (χ2v) is 6.69. The van der Waals surface area contributed by atoms with Crippen molar-refractivity contribution in [3.05, 3.63) is 29.9 Å². The molecule has 1 heterocycles. The molecule has 6 heteroatoms. The van der Waals surface area contributed by atoms with Crippen LogP contribution in [0.4, 0.5) is 4.39 Å². The Morgan fingerprint density at radius 3 is 2.83 bits per heavy atom. The van der Waals surface area contributed by atoms with Crippen molar-refractivity contribution in [1.29, 1.82) is 0 Å². The van der Waals surface area contributed by atoms with Gasteiger partial charge in [0.2, 0.25) is 5.89 Å². The predicted octanol–water partition coefficient (Wildman–Crippen LogP) is 2.85. The lowest BCUT2D eigenvalue weighted by Gasteiger charge is -2.12. The van der Waals surface area contributed by atoms with Gasteiger partial charge < -0.3 is 4.42 Å². The van der Waals surface area contributed by atoms with Gasteiger partial charge in [0.25, 0.3) is 0 Å². The molecule has 0 saturated carbocycles. The highest BCUT2D eigenvalue weighted by Gasteiger charge is 2.18. The van der Waals surface area contributed by atoms with E-state index in [2.05, 4.69) is 9.38 Å². The lowest BCUT2D eigenvalue weighted by molar-refractivity contribution is 0.591. The number of oxazole rings is 1. The number of benzene rings is 1. The van der Waals surface area contributed by atoms with Gasteiger partial charge in [-0.15, -0.1) is 0 Å².